The zero-order valence-corrected chi connectivity index (χ0v) is 12.7. The summed E-state index contributed by atoms with van der Waals surface area (Å²) in [5.74, 6) is -0.310. The van der Waals surface area contributed by atoms with E-state index in [1.807, 2.05) is 0 Å². The fourth-order valence-electron chi connectivity index (χ4n) is 2.10. The minimum Gasteiger partial charge on any atom is -0.332 e. The highest BCUT2D eigenvalue weighted by atomic mass is 35.7. The van der Waals surface area contributed by atoms with Crippen molar-refractivity contribution in [2.45, 2.75) is 30.7 Å². The molecule has 0 unspecified atom stereocenters. The van der Waals surface area contributed by atoms with E-state index in [9.17, 15) is 13.2 Å². The third-order valence-electron chi connectivity index (χ3n) is 3.20. The second-order valence-electron chi connectivity index (χ2n) is 4.91. The second kappa shape index (κ2) is 5.58. The van der Waals surface area contributed by atoms with E-state index in [0.717, 1.165) is 18.4 Å². The molecule has 1 aliphatic carbocycles. The van der Waals surface area contributed by atoms with Crippen LogP contribution in [-0.2, 0) is 9.05 Å². The molecule has 4 nitrogen and oxygen atoms in total. The molecule has 1 fully saturated rings. The number of halogens is 1. The molecule has 2 rings (SSSR count). The number of hydrogen-bond acceptors (Lipinski definition) is 3. The van der Waals surface area contributed by atoms with Crippen molar-refractivity contribution in [3.63, 3.8) is 0 Å². The van der Waals surface area contributed by atoms with Crippen molar-refractivity contribution in [2.75, 3.05) is 6.54 Å². The quantitative estimate of drug-likeness (QED) is 0.620. The van der Waals surface area contributed by atoms with Gasteiger partial charge >= 0.3 is 0 Å². The van der Waals surface area contributed by atoms with Crippen molar-refractivity contribution in [1.29, 1.82) is 0 Å². The molecule has 0 heterocycles. The number of amides is 1. The van der Waals surface area contributed by atoms with Gasteiger partial charge in [0.1, 0.15) is 0 Å². The number of carbonyl (C=O) groups is 1. The first-order valence-electron chi connectivity index (χ1n) is 6.31. The number of nitrogens with zero attached hydrogens (tertiary/aromatic N) is 1. The van der Waals surface area contributed by atoms with E-state index in [0.29, 0.717) is 6.54 Å². The Morgan fingerprint density at radius 1 is 1.50 bits per heavy atom. The smallest absolute Gasteiger partial charge is 0.262 e. The monoisotopic (exact) mass is 313 g/mol. The van der Waals surface area contributed by atoms with Crippen LogP contribution in [0.25, 0.3) is 0 Å². The van der Waals surface area contributed by atoms with Crippen LogP contribution >= 0.6 is 10.7 Å². The van der Waals surface area contributed by atoms with E-state index in [4.69, 9.17) is 10.7 Å². The van der Waals surface area contributed by atoms with Crippen molar-refractivity contribution in [3.8, 4) is 0 Å². The number of hydrogen-bond donors (Lipinski definition) is 0. The fourth-order valence-corrected chi connectivity index (χ4v) is 3.14. The molecule has 108 valence electrons. The lowest BCUT2D eigenvalue weighted by molar-refractivity contribution is 0.0758. The molecule has 20 heavy (non-hydrogen) atoms. The summed E-state index contributed by atoms with van der Waals surface area (Å²) in [6.45, 7) is 5.84. The Hall–Kier alpha value is -1.33. The predicted molar refractivity (Wildman–Crippen MR) is 78.5 cm³/mol. The molecular weight excluding hydrogens is 298 g/mol. The topological polar surface area (TPSA) is 54.5 Å². The molecule has 0 saturated heterocycles. The van der Waals surface area contributed by atoms with E-state index in [-0.39, 0.29) is 22.4 Å². The van der Waals surface area contributed by atoms with Gasteiger partial charge in [-0.05, 0) is 31.9 Å². The summed E-state index contributed by atoms with van der Waals surface area (Å²) in [6.07, 6.45) is 3.52. The van der Waals surface area contributed by atoms with E-state index in [2.05, 4.69) is 6.58 Å². The average Bonchev–Trinajstić information content (AvgIpc) is 3.17. The van der Waals surface area contributed by atoms with Crippen LogP contribution in [-0.4, -0.2) is 31.8 Å². The summed E-state index contributed by atoms with van der Waals surface area (Å²) >= 11 is 0. The highest BCUT2D eigenvalue weighted by molar-refractivity contribution is 8.13. The van der Waals surface area contributed by atoms with Gasteiger partial charge < -0.3 is 4.90 Å². The normalized spacial score (nSPS) is 14.9. The molecule has 1 amide bonds. The first-order valence-corrected chi connectivity index (χ1v) is 8.62. The van der Waals surface area contributed by atoms with Gasteiger partial charge in [-0.2, -0.15) is 0 Å². The van der Waals surface area contributed by atoms with Crippen LogP contribution in [0.5, 0.6) is 0 Å². The van der Waals surface area contributed by atoms with Gasteiger partial charge in [0.25, 0.3) is 15.0 Å². The maximum absolute atomic E-state index is 12.6. The summed E-state index contributed by atoms with van der Waals surface area (Å²) in [5.41, 5.74) is 0.945. The SMILES string of the molecule is C=CCN(C(=O)c1cc(C)ccc1S(=O)(=O)Cl)C1CC1. The molecule has 0 aromatic heterocycles. The standard InChI is InChI=1S/C14H16ClNO3S/c1-3-8-16(11-5-6-11)14(17)12-9-10(2)4-7-13(12)20(15,18)19/h3-4,7,9,11H,1,5-6,8H2,2H3. The van der Waals surface area contributed by atoms with Crippen LogP contribution < -0.4 is 0 Å². The highest BCUT2D eigenvalue weighted by Gasteiger charge is 2.34. The summed E-state index contributed by atoms with van der Waals surface area (Å²) < 4.78 is 23.2. The van der Waals surface area contributed by atoms with Gasteiger partial charge in [0.2, 0.25) is 0 Å². The molecule has 6 heteroatoms. The Morgan fingerprint density at radius 2 is 2.15 bits per heavy atom. The minimum absolute atomic E-state index is 0.133. The third-order valence-corrected chi connectivity index (χ3v) is 4.58. The molecule has 0 bridgehead atoms. The second-order valence-corrected chi connectivity index (χ2v) is 7.45. The van der Waals surface area contributed by atoms with Gasteiger partial charge in [-0.25, -0.2) is 8.42 Å². The Balaban J connectivity index is 2.47. The molecule has 0 radical (unpaired) electrons. The lowest BCUT2D eigenvalue weighted by Crippen LogP contribution is -2.34. The Kier molecular flexibility index (Phi) is 4.20. The molecule has 1 saturated carbocycles. The molecule has 0 aliphatic heterocycles. The van der Waals surface area contributed by atoms with Crippen LogP contribution in [0, 0.1) is 6.92 Å². The van der Waals surface area contributed by atoms with Gasteiger partial charge in [0.15, 0.2) is 0 Å². The number of aryl methyl sites for hydroxylation is 1. The summed E-state index contributed by atoms with van der Waals surface area (Å²) in [5, 5.41) is 0. The number of carbonyl (C=O) groups excluding carboxylic acids is 1. The Labute approximate surface area is 123 Å². The average molecular weight is 314 g/mol. The van der Waals surface area contributed by atoms with Crippen molar-refractivity contribution >= 4 is 25.6 Å². The van der Waals surface area contributed by atoms with Gasteiger partial charge in [-0.15, -0.1) is 6.58 Å². The van der Waals surface area contributed by atoms with E-state index in [1.165, 1.54) is 6.07 Å². The van der Waals surface area contributed by atoms with Gasteiger partial charge in [0, 0.05) is 23.3 Å². The van der Waals surface area contributed by atoms with E-state index in [1.54, 1.807) is 30.0 Å². The zero-order valence-electron chi connectivity index (χ0n) is 11.2. The number of benzene rings is 1. The van der Waals surface area contributed by atoms with Crippen molar-refractivity contribution < 1.29 is 13.2 Å². The maximum atomic E-state index is 12.6. The molecule has 1 aromatic rings. The Morgan fingerprint density at radius 3 is 2.65 bits per heavy atom. The fraction of sp³-hybridized carbons (Fsp3) is 0.357. The van der Waals surface area contributed by atoms with Crippen LogP contribution in [0.3, 0.4) is 0 Å². The molecular formula is C14H16ClNO3S. The van der Waals surface area contributed by atoms with Gasteiger partial charge in [-0.1, -0.05) is 17.7 Å². The lowest BCUT2D eigenvalue weighted by atomic mass is 10.1. The van der Waals surface area contributed by atoms with Gasteiger partial charge in [0.05, 0.1) is 10.5 Å². The van der Waals surface area contributed by atoms with Crippen molar-refractivity contribution in [2.24, 2.45) is 0 Å². The van der Waals surface area contributed by atoms with Crippen molar-refractivity contribution in [1.82, 2.24) is 4.90 Å². The lowest BCUT2D eigenvalue weighted by Gasteiger charge is -2.22. The third kappa shape index (κ3) is 3.22. The van der Waals surface area contributed by atoms with Crippen LogP contribution in [0.15, 0.2) is 35.7 Å². The molecule has 0 spiro atoms. The highest BCUT2D eigenvalue weighted by Crippen LogP contribution is 2.30. The maximum Gasteiger partial charge on any atom is 0.262 e. The Bertz CT molecular complexity index is 650. The van der Waals surface area contributed by atoms with Gasteiger partial charge in [-0.3, -0.25) is 4.79 Å². The molecule has 1 aliphatic rings. The van der Waals surface area contributed by atoms with Crippen LogP contribution in [0.2, 0.25) is 0 Å². The van der Waals surface area contributed by atoms with Crippen LogP contribution in [0.1, 0.15) is 28.8 Å². The first kappa shape index (κ1) is 15.1. The summed E-state index contributed by atoms with van der Waals surface area (Å²) in [7, 11) is 1.47. The largest absolute Gasteiger partial charge is 0.332 e. The van der Waals surface area contributed by atoms with E-state index >= 15 is 0 Å². The summed E-state index contributed by atoms with van der Waals surface area (Å²) in [4.78, 5) is 14.1. The minimum atomic E-state index is -3.95. The summed E-state index contributed by atoms with van der Waals surface area (Å²) in [6, 6.07) is 4.74. The molecule has 0 N–H and O–H groups in total. The first-order chi connectivity index (χ1) is 9.34. The number of rotatable bonds is 5. The zero-order chi connectivity index (χ0) is 14.9. The molecule has 1 aromatic carbocycles. The van der Waals surface area contributed by atoms with Crippen molar-refractivity contribution in [3.05, 3.63) is 42.0 Å². The van der Waals surface area contributed by atoms with Crippen LogP contribution in [0.4, 0.5) is 0 Å². The molecule has 0 atom stereocenters. The predicted octanol–water partition coefficient (Wildman–Crippen LogP) is 2.71. The van der Waals surface area contributed by atoms with E-state index < -0.39 is 9.05 Å².